The SMILES string of the molecule is NC1CCCC(F)(c2ccccc2F)C1. The van der Waals surface area contributed by atoms with Crippen molar-refractivity contribution in [2.24, 2.45) is 5.73 Å². The predicted octanol–water partition coefficient (Wildman–Crippen LogP) is 2.89. The molecule has 15 heavy (non-hydrogen) atoms. The summed E-state index contributed by atoms with van der Waals surface area (Å²) in [6.45, 7) is 0. The van der Waals surface area contributed by atoms with Gasteiger partial charge in [-0.25, -0.2) is 8.78 Å². The average Bonchev–Trinajstić information content (AvgIpc) is 2.17. The molecule has 1 aliphatic carbocycles. The van der Waals surface area contributed by atoms with Gasteiger partial charge in [0.2, 0.25) is 0 Å². The minimum absolute atomic E-state index is 0.150. The van der Waals surface area contributed by atoms with Crippen LogP contribution in [0.2, 0.25) is 0 Å². The van der Waals surface area contributed by atoms with E-state index in [1.807, 2.05) is 0 Å². The van der Waals surface area contributed by atoms with Crippen LogP contribution in [0.25, 0.3) is 0 Å². The van der Waals surface area contributed by atoms with Crippen LogP contribution >= 0.6 is 0 Å². The second-order valence-corrected chi connectivity index (χ2v) is 4.30. The predicted molar refractivity (Wildman–Crippen MR) is 55.6 cm³/mol. The Kier molecular flexibility index (Phi) is 2.74. The van der Waals surface area contributed by atoms with Gasteiger partial charge in [-0.3, -0.25) is 0 Å². The highest BCUT2D eigenvalue weighted by atomic mass is 19.1. The van der Waals surface area contributed by atoms with E-state index in [0.29, 0.717) is 6.42 Å². The fourth-order valence-electron chi connectivity index (χ4n) is 2.33. The molecule has 2 atom stereocenters. The fourth-order valence-corrected chi connectivity index (χ4v) is 2.33. The van der Waals surface area contributed by atoms with E-state index in [2.05, 4.69) is 0 Å². The van der Waals surface area contributed by atoms with E-state index in [1.165, 1.54) is 12.1 Å². The first-order chi connectivity index (χ1) is 7.12. The lowest BCUT2D eigenvalue weighted by atomic mass is 9.79. The van der Waals surface area contributed by atoms with Crippen molar-refractivity contribution >= 4 is 0 Å². The summed E-state index contributed by atoms with van der Waals surface area (Å²) < 4.78 is 28.0. The van der Waals surface area contributed by atoms with Crippen molar-refractivity contribution in [2.75, 3.05) is 0 Å². The minimum Gasteiger partial charge on any atom is -0.328 e. The summed E-state index contributed by atoms with van der Waals surface area (Å²) in [7, 11) is 0. The van der Waals surface area contributed by atoms with Gasteiger partial charge in [0.25, 0.3) is 0 Å². The number of halogens is 2. The maximum atomic E-state index is 14.5. The smallest absolute Gasteiger partial charge is 0.140 e. The summed E-state index contributed by atoms with van der Waals surface area (Å²) in [5.74, 6) is -0.464. The Balaban J connectivity index is 2.32. The summed E-state index contributed by atoms with van der Waals surface area (Å²) >= 11 is 0. The van der Waals surface area contributed by atoms with Gasteiger partial charge in [0.15, 0.2) is 0 Å². The lowest BCUT2D eigenvalue weighted by Gasteiger charge is -2.33. The topological polar surface area (TPSA) is 26.0 Å². The zero-order chi connectivity index (χ0) is 10.9. The van der Waals surface area contributed by atoms with Crippen molar-refractivity contribution in [1.82, 2.24) is 0 Å². The van der Waals surface area contributed by atoms with E-state index in [-0.39, 0.29) is 18.0 Å². The maximum Gasteiger partial charge on any atom is 0.140 e. The second kappa shape index (κ2) is 3.89. The fraction of sp³-hybridized carbons (Fsp3) is 0.500. The van der Waals surface area contributed by atoms with Crippen LogP contribution in [0.3, 0.4) is 0 Å². The molecule has 0 spiro atoms. The van der Waals surface area contributed by atoms with Crippen molar-refractivity contribution in [1.29, 1.82) is 0 Å². The molecule has 82 valence electrons. The molecule has 0 heterocycles. The van der Waals surface area contributed by atoms with Crippen molar-refractivity contribution in [3.8, 4) is 0 Å². The normalized spacial score (nSPS) is 31.5. The molecule has 2 unspecified atom stereocenters. The van der Waals surface area contributed by atoms with Gasteiger partial charge >= 0.3 is 0 Å². The van der Waals surface area contributed by atoms with Crippen LogP contribution in [0.4, 0.5) is 8.78 Å². The van der Waals surface area contributed by atoms with Gasteiger partial charge in [-0.15, -0.1) is 0 Å². The number of nitrogens with two attached hydrogens (primary N) is 1. The third-order valence-corrected chi connectivity index (χ3v) is 3.09. The van der Waals surface area contributed by atoms with Crippen molar-refractivity contribution in [2.45, 2.75) is 37.4 Å². The number of benzene rings is 1. The van der Waals surface area contributed by atoms with Gasteiger partial charge < -0.3 is 5.73 Å². The molecular weight excluding hydrogens is 196 g/mol. The van der Waals surface area contributed by atoms with E-state index in [1.54, 1.807) is 12.1 Å². The molecule has 0 saturated heterocycles. The van der Waals surface area contributed by atoms with E-state index in [0.717, 1.165) is 12.8 Å². The third-order valence-electron chi connectivity index (χ3n) is 3.09. The molecule has 1 aromatic carbocycles. The van der Waals surface area contributed by atoms with Gasteiger partial charge in [-0.05, 0) is 25.3 Å². The minimum atomic E-state index is -1.57. The van der Waals surface area contributed by atoms with E-state index in [4.69, 9.17) is 5.73 Å². The Morgan fingerprint density at radius 1 is 1.33 bits per heavy atom. The van der Waals surface area contributed by atoms with Crippen molar-refractivity contribution in [3.05, 3.63) is 35.6 Å². The summed E-state index contributed by atoms with van der Waals surface area (Å²) in [6.07, 6.45) is 2.17. The van der Waals surface area contributed by atoms with Crippen LogP contribution in [0.5, 0.6) is 0 Å². The molecule has 2 N–H and O–H groups in total. The molecule has 0 amide bonds. The van der Waals surface area contributed by atoms with Crippen LogP contribution in [0.1, 0.15) is 31.2 Å². The summed E-state index contributed by atoms with van der Waals surface area (Å²) in [6, 6.07) is 5.91. The molecule has 1 saturated carbocycles. The lowest BCUT2D eigenvalue weighted by Crippen LogP contribution is -2.36. The Morgan fingerprint density at radius 3 is 2.73 bits per heavy atom. The van der Waals surface area contributed by atoms with Gasteiger partial charge in [0, 0.05) is 18.0 Å². The van der Waals surface area contributed by atoms with Gasteiger partial charge in [-0.2, -0.15) is 0 Å². The van der Waals surface area contributed by atoms with E-state index in [9.17, 15) is 8.78 Å². The largest absolute Gasteiger partial charge is 0.328 e. The molecule has 1 fully saturated rings. The monoisotopic (exact) mass is 211 g/mol. The summed E-state index contributed by atoms with van der Waals surface area (Å²) in [5, 5.41) is 0. The Labute approximate surface area is 88.3 Å². The highest BCUT2D eigenvalue weighted by molar-refractivity contribution is 5.25. The first-order valence-electron chi connectivity index (χ1n) is 5.31. The average molecular weight is 211 g/mol. The molecule has 2 rings (SSSR count). The lowest BCUT2D eigenvalue weighted by molar-refractivity contribution is 0.0905. The van der Waals surface area contributed by atoms with Gasteiger partial charge in [0.05, 0.1) is 0 Å². The van der Waals surface area contributed by atoms with Crippen LogP contribution in [-0.2, 0) is 5.67 Å². The first kappa shape index (κ1) is 10.6. The molecule has 1 aliphatic rings. The van der Waals surface area contributed by atoms with Crippen LogP contribution < -0.4 is 5.73 Å². The molecule has 0 aromatic heterocycles. The second-order valence-electron chi connectivity index (χ2n) is 4.30. The molecule has 1 nitrogen and oxygen atoms in total. The Hall–Kier alpha value is -0.960. The zero-order valence-electron chi connectivity index (χ0n) is 8.55. The molecule has 0 radical (unpaired) electrons. The maximum absolute atomic E-state index is 14.5. The summed E-state index contributed by atoms with van der Waals surface area (Å²) in [5.41, 5.74) is 4.34. The van der Waals surface area contributed by atoms with Gasteiger partial charge in [0.1, 0.15) is 11.5 Å². The summed E-state index contributed by atoms with van der Waals surface area (Å²) in [4.78, 5) is 0. The van der Waals surface area contributed by atoms with Crippen LogP contribution in [0.15, 0.2) is 24.3 Å². The van der Waals surface area contributed by atoms with Crippen LogP contribution in [0, 0.1) is 5.82 Å². The number of rotatable bonds is 1. The molecular formula is C12H15F2N. The molecule has 3 heteroatoms. The Bertz CT molecular complexity index is 353. The Morgan fingerprint density at radius 2 is 2.07 bits per heavy atom. The number of hydrogen-bond donors (Lipinski definition) is 1. The van der Waals surface area contributed by atoms with Crippen molar-refractivity contribution < 1.29 is 8.78 Å². The quantitative estimate of drug-likeness (QED) is 0.759. The highest BCUT2D eigenvalue weighted by Crippen LogP contribution is 2.41. The van der Waals surface area contributed by atoms with Crippen LogP contribution in [-0.4, -0.2) is 6.04 Å². The standard InChI is InChI=1S/C12H15F2N/c13-11-6-2-1-5-10(11)12(14)7-3-4-9(15)8-12/h1-2,5-6,9H,3-4,7-8,15H2. The highest BCUT2D eigenvalue weighted by Gasteiger charge is 2.38. The molecule has 1 aromatic rings. The number of alkyl halides is 1. The first-order valence-corrected chi connectivity index (χ1v) is 5.31. The zero-order valence-corrected chi connectivity index (χ0v) is 8.55. The van der Waals surface area contributed by atoms with Crippen molar-refractivity contribution in [3.63, 3.8) is 0 Å². The van der Waals surface area contributed by atoms with E-state index >= 15 is 0 Å². The molecule has 0 bridgehead atoms. The van der Waals surface area contributed by atoms with E-state index < -0.39 is 11.5 Å². The van der Waals surface area contributed by atoms with Gasteiger partial charge in [-0.1, -0.05) is 18.2 Å². The number of hydrogen-bond acceptors (Lipinski definition) is 1. The third kappa shape index (κ3) is 2.02. The molecule has 0 aliphatic heterocycles.